The van der Waals surface area contributed by atoms with Gasteiger partial charge in [0.25, 0.3) is 0 Å². The van der Waals surface area contributed by atoms with E-state index in [9.17, 15) is 13.2 Å². The maximum Gasteiger partial charge on any atom is 0.247 e. The summed E-state index contributed by atoms with van der Waals surface area (Å²) in [5.41, 5.74) is 0.985. The molecule has 0 aliphatic carbocycles. The number of benzene rings is 2. The summed E-state index contributed by atoms with van der Waals surface area (Å²) in [6.45, 7) is 1.71. The van der Waals surface area contributed by atoms with Crippen LogP contribution in [0, 0.1) is 0 Å². The van der Waals surface area contributed by atoms with Crippen molar-refractivity contribution >= 4 is 15.9 Å². The number of carbonyl (C=O) groups excluding carboxylic acids is 1. The Balaban J connectivity index is 1.90. The van der Waals surface area contributed by atoms with Gasteiger partial charge >= 0.3 is 0 Å². The number of rotatable bonds is 9. The van der Waals surface area contributed by atoms with Crippen LogP contribution in [0.1, 0.15) is 5.56 Å². The molecule has 8 nitrogen and oxygen atoms in total. The molecule has 1 aliphatic heterocycles. The Kier molecular flexibility index (Phi) is 7.89. The largest absolute Gasteiger partial charge is 0.497 e. The molecule has 168 valence electrons. The fraction of sp³-hybridized carbons (Fsp3) is 0.409. The molecule has 2 aromatic carbocycles. The molecule has 1 fully saturated rings. The normalized spacial score (nSPS) is 14.5. The van der Waals surface area contributed by atoms with Crippen LogP contribution >= 0.6 is 0 Å². The van der Waals surface area contributed by atoms with E-state index in [-0.39, 0.29) is 29.6 Å². The highest BCUT2D eigenvalue weighted by Crippen LogP contribution is 2.30. The van der Waals surface area contributed by atoms with Gasteiger partial charge in [-0.1, -0.05) is 30.3 Å². The highest BCUT2D eigenvalue weighted by Gasteiger charge is 2.31. The van der Waals surface area contributed by atoms with Gasteiger partial charge in [0.05, 0.1) is 34.0 Å². The van der Waals surface area contributed by atoms with Gasteiger partial charge in [-0.15, -0.1) is 0 Å². The number of amides is 1. The van der Waals surface area contributed by atoms with Crippen LogP contribution < -0.4 is 9.47 Å². The van der Waals surface area contributed by atoms with E-state index in [2.05, 4.69) is 0 Å². The molecule has 0 saturated carbocycles. The number of carbonyl (C=O) groups is 1. The summed E-state index contributed by atoms with van der Waals surface area (Å²) in [4.78, 5) is 14.5. The molecule has 0 aromatic heterocycles. The van der Waals surface area contributed by atoms with Crippen molar-refractivity contribution < 1.29 is 27.4 Å². The molecule has 0 radical (unpaired) electrons. The van der Waals surface area contributed by atoms with E-state index in [1.54, 1.807) is 17.0 Å². The molecule has 1 aliphatic rings. The van der Waals surface area contributed by atoms with Crippen LogP contribution in [0.3, 0.4) is 0 Å². The fourth-order valence-corrected chi connectivity index (χ4v) is 4.93. The van der Waals surface area contributed by atoms with Gasteiger partial charge < -0.3 is 19.1 Å². The standard InChI is InChI=1S/C22H28N2O6S/c1-28-19-8-9-20(29-2)21(16-19)31(26,27)24(11-10-18-6-4-3-5-7-18)17-22(25)23-12-14-30-15-13-23/h3-9,16H,10-15,17H2,1-2H3. The lowest BCUT2D eigenvalue weighted by atomic mass is 10.1. The molecule has 0 spiro atoms. The van der Waals surface area contributed by atoms with Crippen molar-refractivity contribution in [3.8, 4) is 11.5 Å². The van der Waals surface area contributed by atoms with E-state index in [0.717, 1.165) is 5.56 Å². The Morgan fingerprint density at radius 1 is 1.06 bits per heavy atom. The van der Waals surface area contributed by atoms with E-state index in [0.29, 0.717) is 38.5 Å². The van der Waals surface area contributed by atoms with Gasteiger partial charge in [-0.05, 0) is 24.1 Å². The lowest BCUT2D eigenvalue weighted by Gasteiger charge is -2.30. The van der Waals surface area contributed by atoms with Crippen molar-refractivity contribution in [3.05, 3.63) is 54.1 Å². The average molecular weight is 449 g/mol. The number of hydrogen-bond donors (Lipinski definition) is 0. The molecule has 1 heterocycles. The SMILES string of the molecule is COc1ccc(OC)c(S(=O)(=O)N(CCc2ccccc2)CC(=O)N2CCOCC2)c1. The number of ether oxygens (including phenoxy) is 3. The van der Waals surface area contributed by atoms with Crippen molar-refractivity contribution in [1.29, 1.82) is 0 Å². The van der Waals surface area contributed by atoms with E-state index in [1.807, 2.05) is 30.3 Å². The smallest absolute Gasteiger partial charge is 0.247 e. The van der Waals surface area contributed by atoms with Crippen molar-refractivity contribution in [2.24, 2.45) is 0 Å². The molecule has 3 rings (SSSR count). The lowest BCUT2D eigenvalue weighted by molar-refractivity contribution is -0.135. The summed E-state index contributed by atoms with van der Waals surface area (Å²) in [5, 5.41) is 0. The van der Waals surface area contributed by atoms with Crippen LogP contribution in [0.5, 0.6) is 11.5 Å². The second-order valence-corrected chi connectivity index (χ2v) is 8.99. The van der Waals surface area contributed by atoms with Crippen molar-refractivity contribution in [1.82, 2.24) is 9.21 Å². The third-order valence-electron chi connectivity index (χ3n) is 5.16. The van der Waals surface area contributed by atoms with Gasteiger partial charge in [0.15, 0.2) is 0 Å². The summed E-state index contributed by atoms with van der Waals surface area (Å²) >= 11 is 0. The summed E-state index contributed by atoms with van der Waals surface area (Å²) in [5.74, 6) is 0.341. The molecule has 0 atom stereocenters. The Hall–Kier alpha value is -2.62. The Morgan fingerprint density at radius 3 is 2.42 bits per heavy atom. The lowest BCUT2D eigenvalue weighted by Crippen LogP contribution is -2.47. The van der Waals surface area contributed by atoms with Crippen LogP contribution in [0.15, 0.2) is 53.4 Å². The van der Waals surface area contributed by atoms with E-state index in [1.165, 1.54) is 24.6 Å². The number of hydrogen-bond acceptors (Lipinski definition) is 6. The van der Waals surface area contributed by atoms with Crippen LogP contribution in [0.2, 0.25) is 0 Å². The van der Waals surface area contributed by atoms with Crippen LogP contribution in [-0.4, -0.2) is 77.1 Å². The van der Waals surface area contributed by atoms with Gasteiger partial charge in [0.2, 0.25) is 15.9 Å². The number of methoxy groups -OCH3 is 2. The summed E-state index contributed by atoms with van der Waals surface area (Å²) in [7, 11) is -1.15. The molecule has 2 aromatic rings. The average Bonchev–Trinajstić information content (AvgIpc) is 2.82. The minimum atomic E-state index is -4.03. The van der Waals surface area contributed by atoms with Gasteiger partial charge in [-0.25, -0.2) is 8.42 Å². The Labute approximate surface area is 183 Å². The zero-order valence-corrected chi connectivity index (χ0v) is 18.6. The van der Waals surface area contributed by atoms with Crippen molar-refractivity contribution in [3.63, 3.8) is 0 Å². The van der Waals surface area contributed by atoms with Gasteiger partial charge in [0, 0.05) is 25.7 Å². The first kappa shape index (κ1) is 23.1. The number of morpholine rings is 1. The first-order valence-electron chi connectivity index (χ1n) is 10.1. The molecule has 0 bridgehead atoms. The molecule has 9 heteroatoms. The second-order valence-electron chi connectivity index (χ2n) is 7.08. The first-order chi connectivity index (χ1) is 15.0. The molecule has 31 heavy (non-hydrogen) atoms. The minimum Gasteiger partial charge on any atom is -0.497 e. The monoisotopic (exact) mass is 448 g/mol. The van der Waals surface area contributed by atoms with E-state index < -0.39 is 10.0 Å². The van der Waals surface area contributed by atoms with Crippen LogP contribution in [0.25, 0.3) is 0 Å². The summed E-state index contributed by atoms with van der Waals surface area (Å²) in [6.07, 6.45) is 0.475. The van der Waals surface area contributed by atoms with Gasteiger partial charge in [-0.3, -0.25) is 4.79 Å². The molecule has 0 unspecified atom stereocenters. The molecular formula is C22H28N2O6S. The predicted octanol–water partition coefficient (Wildman–Crippen LogP) is 1.80. The second kappa shape index (κ2) is 10.6. The maximum atomic E-state index is 13.6. The molecular weight excluding hydrogens is 420 g/mol. The number of nitrogens with zero attached hydrogens (tertiary/aromatic N) is 2. The molecule has 0 N–H and O–H groups in total. The summed E-state index contributed by atoms with van der Waals surface area (Å²) in [6, 6.07) is 14.2. The number of sulfonamides is 1. The molecule has 1 amide bonds. The highest BCUT2D eigenvalue weighted by molar-refractivity contribution is 7.89. The fourth-order valence-electron chi connectivity index (χ4n) is 3.37. The van der Waals surface area contributed by atoms with Crippen molar-refractivity contribution in [2.75, 3.05) is 53.6 Å². The highest BCUT2D eigenvalue weighted by atomic mass is 32.2. The quantitative estimate of drug-likeness (QED) is 0.582. The van der Waals surface area contributed by atoms with Crippen LogP contribution in [-0.2, 0) is 26.0 Å². The van der Waals surface area contributed by atoms with Gasteiger partial charge in [0.1, 0.15) is 16.4 Å². The third kappa shape index (κ3) is 5.75. The van der Waals surface area contributed by atoms with Crippen molar-refractivity contribution in [2.45, 2.75) is 11.3 Å². The van der Waals surface area contributed by atoms with E-state index in [4.69, 9.17) is 14.2 Å². The predicted molar refractivity (Wildman–Crippen MR) is 116 cm³/mol. The zero-order valence-electron chi connectivity index (χ0n) is 17.8. The third-order valence-corrected chi connectivity index (χ3v) is 7.02. The first-order valence-corrected chi connectivity index (χ1v) is 11.5. The summed E-state index contributed by atoms with van der Waals surface area (Å²) < 4.78 is 44.2. The Bertz CT molecular complexity index is 975. The maximum absolute atomic E-state index is 13.6. The molecule has 1 saturated heterocycles. The van der Waals surface area contributed by atoms with Crippen LogP contribution in [0.4, 0.5) is 0 Å². The minimum absolute atomic E-state index is 0.0304. The Morgan fingerprint density at radius 2 is 1.77 bits per heavy atom. The van der Waals surface area contributed by atoms with E-state index >= 15 is 0 Å². The topological polar surface area (TPSA) is 85.4 Å². The van der Waals surface area contributed by atoms with Gasteiger partial charge in [-0.2, -0.15) is 4.31 Å². The zero-order chi connectivity index (χ0) is 22.3.